The third-order valence-electron chi connectivity index (χ3n) is 10.7. The van der Waals surface area contributed by atoms with E-state index in [4.69, 9.17) is 19.4 Å². The first kappa shape index (κ1) is 31.1. The maximum atomic E-state index is 6.23. The maximum absolute atomic E-state index is 6.23. The Kier molecular flexibility index (Phi) is 7.14. The third-order valence-corrected chi connectivity index (χ3v) is 10.7. The first-order chi connectivity index (χ1) is 27.2. The molecule has 0 atom stereocenters. The average Bonchev–Trinajstić information content (AvgIpc) is 3.65. The number of hydrogen-bond donors (Lipinski definition) is 0. The number of nitrogens with zero attached hydrogens (tertiary/aromatic N) is 3. The highest BCUT2D eigenvalue weighted by Crippen LogP contribution is 2.40. The minimum atomic E-state index is 0.644. The standard InChI is InChI=1S/C51H31N3O/c1-3-12-32(13-4-1)49-52-50(33-14-5-2-6-15-33)54-51(53-49)38-24-26-42-45-29-36(22-25-41(45)39-18-7-8-19-40(39)46(42)30-38)34-16-11-17-35(28-34)37-23-27-44-43-20-9-10-21-47(43)55-48(44)31-37/h1-31H. The Balaban J connectivity index is 1.05. The highest BCUT2D eigenvalue weighted by Gasteiger charge is 2.16. The molecule has 55 heavy (non-hydrogen) atoms. The second-order valence-electron chi connectivity index (χ2n) is 14.0. The summed E-state index contributed by atoms with van der Waals surface area (Å²) in [4.78, 5) is 15.0. The molecule has 2 heterocycles. The average molecular weight is 702 g/mol. The Hall–Kier alpha value is -7.43. The number of para-hydroxylation sites is 1. The van der Waals surface area contributed by atoms with Gasteiger partial charge in [0.1, 0.15) is 11.2 Å². The van der Waals surface area contributed by atoms with Crippen LogP contribution in [0, 0.1) is 0 Å². The predicted octanol–water partition coefficient (Wildman–Crippen LogP) is 13.6. The molecule has 0 bridgehead atoms. The van der Waals surface area contributed by atoms with Gasteiger partial charge in [0, 0.05) is 27.5 Å². The lowest BCUT2D eigenvalue weighted by Crippen LogP contribution is -2.00. The summed E-state index contributed by atoms with van der Waals surface area (Å²) in [6.45, 7) is 0. The van der Waals surface area contributed by atoms with Crippen LogP contribution in [0.5, 0.6) is 0 Å². The molecule has 11 rings (SSSR count). The molecule has 0 aliphatic rings. The zero-order chi connectivity index (χ0) is 36.3. The van der Waals surface area contributed by atoms with E-state index >= 15 is 0 Å². The molecule has 0 aliphatic carbocycles. The van der Waals surface area contributed by atoms with E-state index in [0.717, 1.165) is 66.3 Å². The van der Waals surface area contributed by atoms with Crippen molar-refractivity contribution >= 4 is 54.3 Å². The van der Waals surface area contributed by atoms with Crippen molar-refractivity contribution in [2.24, 2.45) is 0 Å². The van der Waals surface area contributed by atoms with Crippen LogP contribution in [0.25, 0.3) is 111 Å². The van der Waals surface area contributed by atoms with E-state index in [9.17, 15) is 0 Å². The van der Waals surface area contributed by atoms with Crippen molar-refractivity contribution in [2.75, 3.05) is 0 Å². The predicted molar refractivity (Wildman–Crippen MR) is 227 cm³/mol. The molecule has 0 amide bonds. The first-order valence-corrected chi connectivity index (χ1v) is 18.5. The molecule has 0 radical (unpaired) electrons. The molecule has 0 unspecified atom stereocenters. The summed E-state index contributed by atoms with van der Waals surface area (Å²) in [5.41, 5.74) is 9.26. The van der Waals surface area contributed by atoms with Crippen molar-refractivity contribution in [1.29, 1.82) is 0 Å². The Morgan fingerprint density at radius 2 is 0.636 bits per heavy atom. The van der Waals surface area contributed by atoms with Crippen molar-refractivity contribution < 1.29 is 4.42 Å². The van der Waals surface area contributed by atoms with E-state index in [1.54, 1.807) is 0 Å². The zero-order valence-electron chi connectivity index (χ0n) is 29.6. The van der Waals surface area contributed by atoms with Crippen LogP contribution in [-0.4, -0.2) is 15.0 Å². The molecule has 0 N–H and O–H groups in total. The van der Waals surface area contributed by atoms with Crippen molar-refractivity contribution in [1.82, 2.24) is 15.0 Å². The quantitative estimate of drug-likeness (QED) is 0.168. The number of rotatable bonds is 5. The molecule has 0 saturated heterocycles. The van der Waals surface area contributed by atoms with Gasteiger partial charge < -0.3 is 4.42 Å². The minimum Gasteiger partial charge on any atom is -0.456 e. The normalized spacial score (nSPS) is 11.6. The Bertz CT molecular complexity index is 3200. The molecular weight excluding hydrogens is 671 g/mol. The van der Waals surface area contributed by atoms with Crippen LogP contribution < -0.4 is 0 Å². The van der Waals surface area contributed by atoms with Crippen LogP contribution in [-0.2, 0) is 0 Å². The highest BCUT2D eigenvalue weighted by atomic mass is 16.3. The SMILES string of the molecule is c1ccc(-c2nc(-c3ccccc3)nc(-c3ccc4c5cc(-c6cccc(-c7ccc8c(c7)oc7ccccc78)c6)ccc5c5ccccc5c4c3)n2)cc1. The fourth-order valence-corrected chi connectivity index (χ4v) is 8.00. The smallest absolute Gasteiger partial charge is 0.164 e. The van der Waals surface area contributed by atoms with Gasteiger partial charge in [-0.3, -0.25) is 0 Å². The van der Waals surface area contributed by atoms with Crippen molar-refractivity contribution in [3.63, 3.8) is 0 Å². The monoisotopic (exact) mass is 701 g/mol. The summed E-state index contributed by atoms with van der Waals surface area (Å²) >= 11 is 0. The second-order valence-corrected chi connectivity index (χ2v) is 14.0. The molecule has 9 aromatic carbocycles. The number of furan rings is 1. The fourth-order valence-electron chi connectivity index (χ4n) is 8.00. The lowest BCUT2D eigenvalue weighted by atomic mass is 9.90. The van der Waals surface area contributed by atoms with Crippen LogP contribution in [0.15, 0.2) is 192 Å². The van der Waals surface area contributed by atoms with Crippen molar-refractivity contribution in [3.8, 4) is 56.4 Å². The van der Waals surface area contributed by atoms with Gasteiger partial charge >= 0.3 is 0 Å². The van der Waals surface area contributed by atoms with Gasteiger partial charge in [-0.05, 0) is 91.0 Å². The molecule has 11 aromatic rings. The van der Waals surface area contributed by atoms with E-state index in [0.29, 0.717) is 17.5 Å². The molecular formula is C51H31N3O. The summed E-state index contributed by atoms with van der Waals surface area (Å²) in [6.07, 6.45) is 0. The molecule has 0 spiro atoms. The van der Waals surface area contributed by atoms with Crippen LogP contribution >= 0.6 is 0 Å². The molecule has 4 heteroatoms. The minimum absolute atomic E-state index is 0.644. The van der Waals surface area contributed by atoms with Gasteiger partial charge in [0.25, 0.3) is 0 Å². The zero-order valence-corrected chi connectivity index (χ0v) is 29.6. The van der Waals surface area contributed by atoms with E-state index in [-0.39, 0.29) is 0 Å². The van der Waals surface area contributed by atoms with E-state index in [2.05, 4.69) is 115 Å². The van der Waals surface area contributed by atoms with Gasteiger partial charge in [-0.25, -0.2) is 15.0 Å². The lowest BCUT2D eigenvalue weighted by Gasteiger charge is -2.14. The Labute approximate surface area is 317 Å². The molecule has 4 nitrogen and oxygen atoms in total. The summed E-state index contributed by atoms with van der Waals surface area (Å²) in [5, 5.41) is 9.47. The van der Waals surface area contributed by atoms with E-state index < -0.39 is 0 Å². The van der Waals surface area contributed by atoms with E-state index in [1.807, 2.05) is 72.8 Å². The van der Waals surface area contributed by atoms with Gasteiger partial charge in [0.2, 0.25) is 0 Å². The van der Waals surface area contributed by atoms with Crippen LogP contribution in [0.3, 0.4) is 0 Å². The molecule has 0 fully saturated rings. The van der Waals surface area contributed by atoms with Gasteiger partial charge in [0.15, 0.2) is 17.5 Å². The molecule has 256 valence electrons. The number of fused-ring (bicyclic) bond motifs is 9. The molecule has 0 aliphatic heterocycles. The van der Waals surface area contributed by atoms with Crippen LogP contribution in [0.1, 0.15) is 0 Å². The fraction of sp³-hybridized carbons (Fsp3) is 0. The summed E-state index contributed by atoms with van der Waals surface area (Å²) in [7, 11) is 0. The lowest BCUT2D eigenvalue weighted by molar-refractivity contribution is 0.669. The first-order valence-electron chi connectivity index (χ1n) is 18.5. The van der Waals surface area contributed by atoms with Crippen LogP contribution in [0.4, 0.5) is 0 Å². The van der Waals surface area contributed by atoms with Gasteiger partial charge in [-0.15, -0.1) is 0 Å². The second kappa shape index (κ2) is 12.6. The van der Waals surface area contributed by atoms with E-state index in [1.165, 1.54) is 26.9 Å². The van der Waals surface area contributed by atoms with Crippen LogP contribution in [0.2, 0.25) is 0 Å². The van der Waals surface area contributed by atoms with Crippen molar-refractivity contribution in [2.45, 2.75) is 0 Å². The van der Waals surface area contributed by atoms with Gasteiger partial charge in [-0.1, -0.05) is 152 Å². The topological polar surface area (TPSA) is 51.8 Å². The Morgan fingerprint density at radius 1 is 0.236 bits per heavy atom. The van der Waals surface area contributed by atoms with Crippen molar-refractivity contribution in [3.05, 3.63) is 188 Å². The number of benzene rings is 9. The maximum Gasteiger partial charge on any atom is 0.164 e. The largest absolute Gasteiger partial charge is 0.456 e. The Morgan fingerprint density at radius 3 is 1.29 bits per heavy atom. The molecule has 2 aromatic heterocycles. The number of hydrogen-bond acceptors (Lipinski definition) is 4. The third kappa shape index (κ3) is 5.34. The summed E-state index contributed by atoms with van der Waals surface area (Å²) < 4.78 is 6.23. The molecule has 0 saturated carbocycles. The number of aromatic nitrogens is 3. The summed E-state index contributed by atoms with van der Waals surface area (Å²) in [6, 6.07) is 65.9. The van der Waals surface area contributed by atoms with Gasteiger partial charge in [-0.2, -0.15) is 0 Å². The highest BCUT2D eigenvalue weighted by molar-refractivity contribution is 6.26. The summed E-state index contributed by atoms with van der Waals surface area (Å²) in [5.74, 6) is 1.94. The van der Waals surface area contributed by atoms with Gasteiger partial charge in [0.05, 0.1) is 0 Å².